The summed E-state index contributed by atoms with van der Waals surface area (Å²) in [5, 5.41) is 11.1. The van der Waals surface area contributed by atoms with Crippen molar-refractivity contribution in [2.45, 2.75) is 12.6 Å². The van der Waals surface area contributed by atoms with Gasteiger partial charge in [-0.2, -0.15) is 13.2 Å². The number of carbonyl (C=O) groups is 2. The zero-order chi connectivity index (χ0) is 16.5. The van der Waals surface area contributed by atoms with Crippen LogP contribution < -0.4 is 5.32 Å². The Bertz CT molecular complexity index is 607. The zero-order valence-electron chi connectivity index (χ0n) is 11.2. The Balaban J connectivity index is 2.15. The maximum Gasteiger partial charge on any atom is 0.418 e. The predicted octanol–water partition coefficient (Wildman–Crippen LogP) is 3.30. The van der Waals surface area contributed by atoms with Crippen molar-refractivity contribution < 1.29 is 27.9 Å². The number of nitrogens with zero attached hydrogens (tertiary/aromatic N) is 1. The van der Waals surface area contributed by atoms with Crippen LogP contribution in [0.15, 0.2) is 18.2 Å². The first-order chi connectivity index (χ1) is 10.2. The number of hydrogen-bond donors (Lipinski definition) is 2. The quantitative estimate of drug-likeness (QED) is 0.870. The number of carboxylic acid groups (broad SMARTS) is 1. The van der Waals surface area contributed by atoms with E-state index in [9.17, 15) is 22.8 Å². The molecule has 120 valence electrons. The van der Waals surface area contributed by atoms with Crippen molar-refractivity contribution in [3.63, 3.8) is 0 Å². The summed E-state index contributed by atoms with van der Waals surface area (Å²) >= 11 is 5.66. The summed E-state index contributed by atoms with van der Waals surface area (Å²) in [5.74, 6) is -1.73. The van der Waals surface area contributed by atoms with Crippen LogP contribution in [0.2, 0.25) is 5.02 Å². The van der Waals surface area contributed by atoms with Crippen LogP contribution in [-0.4, -0.2) is 35.1 Å². The SMILES string of the molecule is O=C(O)C1CCN(C(=O)Nc2cc(Cl)ccc2C(F)(F)F)C1. The minimum absolute atomic E-state index is 0.0386. The second-order valence-corrected chi connectivity index (χ2v) is 5.32. The van der Waals surface area contributed by atoms with Gasteiger partial charge in [-0.3, -0.25) is 4.79 Å². The Labute approximate surface area is 128 Å². The summed E-state index contributed by atoms with van der Waals surface area (Å²) < 4.78 is 38.7. The van der Waals surface area contributed by atoms with Crippen molar-refractivity contribution in [3.05, 3.63) is 28.8 Å². The molecule has 1 fully saturated rings. The molecule has 0 saturated carbocycles. The maximum atomic E-state index is 12.9. The maximum absolute atomic E-state index is 12.9. The van der Waals surface area contributed by atoms with E-state index >= 15 is 0 Å². The minimum atomic E-state index is -4.64. The van der Waals surface area contributed by atoms with Gasteiger partial charge in [0.2, 0.25) is 0 Å². The summed E-state index contributed by atoms with van der Waals surface area (Å²) in [6, 6.07) is 2.09. The van der Waals surface area contributed by atoms with Crippen LogP contribution in [0.3, 0.4) is 0 Å². The molecule has 1 atom stereocenters. The summed E-state index contributed by atoms with van der Waals surface area (Å²) in [6.45, 7) is 0.133. The fourth-order valence-electron chi connectivity index (χ4n) is 2.21. The van der Waals surface area contributed by atoms with Gasteiger partial charge in [0.05, 0.1) is 17.2 Å². The molecule has 0 radical (unpaired) electrons. The number of nitrogens with one attached hydrogen (secondary N) is 1. The normalized spacial score (nSPS) is 18.4. The first-order valence-electron chi connectivity index (χ1n) is 6.34. The molecule has 1 saturated heterocycles. The molecule has 1 aromatic rings. The van der Waals surface area contributed by atoms with Gasteiger partial charge in [0.25, 0.3) is 0 Å². The fraction of sp³-hybridized carbons (Fsp3) is 0.385. The van der Waals surface area contributed by atoms with Crippen molar-refractivity contribution in [2.24, 2.45) is 5.92 Å². The molecule has 0 aliphatic carbocycles. The van der Waals surface area contributed by atoms with Crippen LogP contribution in [0.1, 0.15) is 12.0 Å². The molecule has 1 unspecified atom stereocenters. The van der Waals surface area contributed by atoms with Crippen LogP contribution in [0, 0.1) is 5.92 Å². The zero-order valence-corrected chi connectivity index (χ0v) is 11.9. The Hall–Kier alpha value is -1.96. The van der Waals surface area contributed by atoms with Gasteiger partial charge in [-0.1, -0.05) is 11.6 Å². The predicted molar refractivity (Wildman–Crippen MR) is 72.8 cm³/mol. The molecular weight excluding hydrogens is 325 g/mol. The van der Waals surface area contributed by atoms with Gasteiger partial charge in [0.1, 0.15) is 0 Å². The van der Waals surface area contributed by atoms with E-state index in [1.54, 1.807) is 0 Å². The number of carboxylic acids is 1. The lowest BCUT2D eigenvalue weighted by molar-refractivity contribution is -0.141. The van der Waals surface area contributed by atoms with Gasteiger partial charge >= 0.3 is 18.2 Å². The number of hydrogen-bond acceptors (Lipinski definition) is 2. The third kappa shape index (κ3) is 3.62. The van der Waals surface area contributed by atoms with Crippen LogP contribution in [0.25, 0.3) is 0 Å². The number of aliphatic carboxylic acids is 1. The van der Waals surface area contributed by atoms with E-state index in [2.05, 4.69) is 5.32 Å². The Morgan fingerprint density at radius 2 is 2.05 bits per heavy atom. The van der Waals surface area contributed by atoms with E-state index in [-0.39, 0.29) is 24.5 Å². The highest BCUT2D eigenvalue weighted by molar-refractivity contribution is 6.31. The number of rotatable bonds is 2. The lowest BCUT2D eigenvalue weighted by Gasteiger charge is -2.19. The smallest absolute Gasteiger partial charge is 0.418 e. The van der Waals surface area contributed by atoms with Crippen molar-refractivity contribution in [2.75, 3.05) is 18.4 Å². The van der Waals surface area contributed by atoms with Crippen molar-refractivity contribution >= 4 is 29.3 Å². The summed E-state index contributed by atoms with van der Waals surface area (Å²) in [5.41, 5.74) is -1.47. The summed E-state index contributed by atoms with van der Waals surface area (Å²) in [7, 11) is 0. The molecule has 1 aromatic carbocycles. The molecular formula is C13H12ClF3N2O3. The number of carbonyl (C=O) groups excluding carboxylic acids is 1. The number of benzene rings is 1. The molecule has 2 amide bonds. The highest BCUT2D eigenvalue weighted by Crippen LogP contribution is 2.36. The largest absolute Gasteiger partial charge is 0.481 e. The molecule has 0 spiro atoms. The van der Waals surface area contributed by atoms with Crippen LogP contribution in [0.4, 0.5) is 23.7 Å². The number of alkyl halides is 3. The second-order valence-electron chi connectivity index (χ2n) is 4.89. The third-order valence-electron chi connectivity index (χ3n) is 3.35. The molecule has 22 heavy (non-hydrogen) atoms. The Morgan fingerprint density at radius 1 is 1.36 bits per heavy atom. The lowest BCUT2D eigenvalue weighted by atomic mass is 10.1. The number of likely N-dealkylation sites (tertiary alicyclic amines) is 1. The van der Waals surface area contributed by atoms with Crippen molar-refractivity contribution in [1.82, 2.24) is 4.90 Å². The minimum Gasteiger partial charge on any atom is -0.481 e. The first-order valence-corrected chi connectivity index (χ1v) is 6.72. The van der Waals surface area contributed by atoms with E-state index in [4.69, 9.17) is 16.7 Å². The summed E-state index contributed by atoms with van der Waals surface area (Å²) in [4.78, 5) is 24.0. The van der Waals surface area contributed by atoms with E-state index in [1.165, 1.54) is 4.90 Å². The first kappa shape index (κ1) is 16.4. The fourth-order valence-corrected chi connectivity index (χ4v) is 2.38. The number of halogens is 4. The molecule has 2 rings (SSSR count). The van der Waals surface area contributed by atoms with E-state index < -0.39 is 35.3 Å². The average molecular weight is 337 g/mol. The van der Waals surface area contributed by atoms with Crippen LogP contribution in [-0.2, 0) is 11.0 Å². The van der Waals surface area contributed by atoms with Gasteiger partial charge in [-0.25, -0.2) is 4.79 Å². The molecule has 2 N–H and O–H groups in total. The third-order valence-corrected chi connectivity index (χ3v) is 3.59. The van der Waals surface area contributed by atoms with Gasteiger partial charge in [-0.05, 0) is 24.6 Å². The number of anilines is 1. The van der Waals surface area contributed by atoms with Crippen molar-refractivity contribution in [1.29, 1.82) is 0 Å². The molecule has 1 heterocycles. The second kappa shape index (κ2) is 6.04. The highest BCUT2D eigenvalue weighted by atomic mass is 35.5. The lowest BCUT2D eigenvalue weighted by Crippen LogP contribution is -2.34. The molecule has 0 aromatic heterocycles. The Kier molecular flexibility index (Phi) is 4.50. The summed E-state index contributed by atoms with van der Waals surface area (Å²) in [6.07, 6.45) is -4.37. The van der Waals surface area contributed by atoms with Crippen molar-refractivity contribution in [3.8, 4) is 0 Å². The van der Waals surface area contributed by atoms with E-state index in [1.807, 2.05) is 0 Å². The molecule has 9 heteroatoms. The molecule has 1 aliphatic rings. The topological polar surface area (TPSA) is 69.6 Å². The van der Waals surface area contributed by atoms with E-state index in [0.717, 1.165) is 18.2 Å². The van der Waals surface area contributed by atoms with E-state index in [0.29, 0.717) is 0 Å². The van der Waals surface area contributed by atoms with Crippen LogP contribution in [0.5, 0.6) is 0 Å². The number of urea groups is 1. The van der Waals surface area contributed by atoms with Gasteiger partial charge in [0, 0.05) is 18.1 Å². The van der Waals surface area contributed by atoms with Gasteiger partial charge in [-0.15, -0.1) is 0 Å². The van der Waals surface area contributed by atoms with Gasteiger partial charge < -0.3 is 15.3 Å². The monoisotopic (exact) mass is 336 g/mol. The molecule has 0 bridgehead atoms. The average Bonchev–Trinajstić information content (AvgIpc) is 2.86. The Morgan fingerprint density at radius 3 is 2.59 bits per heavy atom. The van der Waals surface area contributed by atoms with Gasteiger partial charge in [0.15, 0.2) is 0 Å². The molecule has 5 nitrogen and oxygen atoms in total. The molecule has 1 aliphatic heterocycles. The standard InChI is InChI=1S/C13H12ClF3N2O3/c14-8-1-2-9(13(15,16)17)10(5-8)18-12(22)19-4-3-7(6-19)11(20)21/h1-2,5,7H,3-4,6H2,(H,18,22)(H,20,21). The highest BCUT2D eigenvalue weighted by Gasteiger charge is 2.35. The van der Waals surface area contributed by atoms with Crippen LogP contribution >= 0.6 is 11.6 Å². The number of amides is 2.